The molecule has 5 nitrogen and oxygen atoms in total. The number of hydrogen-bond acceptors (Lipinski definition) is 4. The van der Waals surface area contributed by atoms with Gasteiger partial charge in [0.15, 0.2) is 5.17 Å². The number of aryl methyl sites for hydroxylation is 1. The number of thioether (sulfide) groups is 1. The summed E-state index contributed by atoms with van der Waals surface area (Å²) < 4.78 is 0. The van der Waals surface area contributed by atoms with E-state index in [0.717, 1.165) is 11.3 Å². The van der Waals surface area contributed by atoms with E-state index in [9.17, 15) is 9.59 Å². The van der Waals surface area contributed by atoms with Crippen LogP contribution < -0.4 is 5.32 Å². The Morgan fingerprint density at radius 1 is 1.28 bits per heavy atom. The van der Waals surface area contributed by atoms with Crippen LogP contribution in [0.5, 0.6) is 0 Å². The zero-order valence-corrected chi connectivity index (χ0v) is 18.0. The van der Waals surface area contributed by atoms with Crippen LogP contribution >= 0.6 is 35.0 Å². The van der Waals surface area contributed by atoms with Crippen LogP contribution in [0.15, 0.2) is 60.1 Å². The zero-order valence-electron chi connectivity index (χ0n) is 15.7. The third kappa shape index (κ3) is 5.01. The van der Waals surface area contributed by atoms with Gasteiger partial charge in [-0.05, 0) is 30.7 Å². The molecule has 150 valence electrons. The molecule has 1 N–H and O–H groups in total. The van der Waals surface area contributed by atoms with Crippen molar-refractivity contribution in [3.63, 3.8) is 0 Å². The molecule has 0 aliphatic carbocycles. The average molecular weight is 448 g/mol. The fourth-order valence-electron chi connectivity index (χ4n) is 2.78. The minimum absolute atomic E-state index is 0.00717. The van der Waals surface area contributed by atoms with E-state index >= 15 is 0 Å². The molecule has 1 atom stereocenters. The predicted octanol–water partition coefficient (Wildman–Crippen LogP) is 5.45. The summed E-state index contributed by atoms with van der Waals surface area (Å²) in [6.45, 7) is 6.00. The van der Waals surface area contributed by atoms with Gasteiger partial charge in [-0.3, -0.25) is 14.5 Å². The van der Waals surface area contributed by atoms with Gasteiger partial charge >= 0.3 is 0 Å². The van der Waals surface area contributed by atoms with Crippen LogP contribution in [-0.2, 0) is 9.59 Å². The quantitative estimate of drug-likeness (QED) is 0.598. The second-order valence-corrected chi connectivity index (χ2v) is 8.33. The summed E-state index contributed by atoms with van der Waals surface area (Å²) >= 11 is 13.4. The molecule has 29 heavy (non-hydrogen) atoms. The highest BCUT2D eigenvalue weighted by atomic mass is 35.5. The number of rotatable bonds is 6. The molecular weight excluding hydrogens is 429 g/mol. The summed E-state index contributed by atoms with van der Waals surface area (Å²) in [5.41, 5.74) is 2.20. The first-order valence-electron chi connectivity index (χ1n) is 8.88. The Morgan fingerprint density at radius 3 is 2.76 bits per heavy atom. The lowest BCUT2D eigenvalue weighted by Gasteiger charge is -2.14. The van der Waals surface area contributed by atoms with Crippen molar-refractivity contribution < 1.29 is 9.59 Å². The number of nitrogens with zero attached hydrogens (tertiary/aromatic N) is 2. The van der Waals surface area contributed by atoms with Gasteiger partial charge in [0.2, 0.25) is 11.8 Å². The number of carbonyl (C=O) groups is 2. The van der Waals surface area contributed by atoms with Gasteiger partial charge < -0.3 is 5.32 Å². The van der Waals surface area contributed by atoms with Crippen molar-refractivity contribution in [2.45, 2.75) is 18.6 Å². The number of anilines is 1. The average Bonchev–Trinajstić information content (AvgIpc) is 2.96. The van der Waals surface area contributed by atoms with Gasteiger partial charge in [-0.25, -0.2) is 4.99 Å². The monoisotopic (exact) mass is 447 g/mol. The highest BCUT2D eigenvalue weighted by Gasteiger charge is 2.38. The van der Waals surface area contributed by atoms with Gasteiger partial charge in [-0.1, -0.05) is 65.3 Å². The molecule has 0 bridgehead atoms. The van der Waals surface area contributed by atoms with Crippen molar-refractivity contribution in [1.29, 1.82) is 0 Å². The third-order valence-corrected chi connectivity index (χ3v) is 6.25. The van der Waals surface area contributed by atoms with E-state index in [1.54, 1.807) is 29.2 Å². The van der Waals surface area contributed by atoms with Crippen LogP contribution in [-0.4, -0.2) is 33.7 Å². The van der Waals surface area contributed by atoms with E-state index in [1.807, 2.05) is 31.2 Å². The lowest BCUT2D eigenvalue weighted by molar-refractivity contribution is -0.127. The van der Waals surface area contributed by atoms with Gasteiger partial charge in [0.05, 0.1) is 21.4 Å². The van der Waals surface area contributed by atoms with E-state index in [1.165, 1.54) is 11.8 Å². The molecule has 8 heteroatoms. The van der Waals surface area contributed by atoms with Gasteiger partial charge in [0.1, 0.15) is 5.25 Å². The minimum atomic E-state index is -0.573. The summed E-state index contributed by atoms with van der Waals surface area (Å²) in [6, 6.07) is 12.7. The predicted molar refractivity (Wildman–Crippen MR) is 121 cm³/mol. The Kier molecular flexibility index (Phi) is 7.00. The standard InChI is InChI=1S/C21H19Cl2N3O2S/c1-3-11-26-20(28)17(29-21(26)25-15-9-5-4-7-13(15)2)12-18(27)24-16-10-6-8-14(22)19(16)23/h3-10,17H,1,11-12H2,2H3,(H,24,27). The maximum atomic E-state index is 12.8. The van der Waals surface area contributed by atoms with Crippen LogP contribution in [0.1, 0.15) is 12.0 Å². The first-order chi connectivity index (χ1) is 13.9. The van der Waals surface area contributed by atoms with Gasteiger partial charge in [-0.15, -0.1) is 6.58 Å². The number of aliphatic imine (C=N–C) groups is 1. The van der Waals surface area contributed by atoms with Crippen LogP contribution in [0.3, 0.4) is 0 Å². The molecule has 3 rings (SSSR count). The molecule has 1 aliphatic rings. The number of nitrogens with one attached hydrogen (secondary N) is 1. The first-order valence-corrected chi connectivity index (χ1v) is 10.5. The number of halogens is 2. The summed E-state index contributed by atoms with van der Waals surface area (Å²) in [5, 5.41) is 3.32. The molecule has 1 unspecified atom stereocenters. The molecule has 1 saturated heterocycles. The van der Waals surface area contributed by atoms with Crippen LogP contribution in [0.2, 0.25) is 10.0 Å². The lowest BCUT2D eigenvalue weighted by Crippen LogP contribution is -2.33. The number of amidine groups is 1. The number of amides is 2. The molecule has 2 aromatic rings. The molecule has 2 amide bonds. The normalized spacial score (nSPS) is 17.6. The van der Waals surface area contributed by atoms with E-state index in [0.29, 0.717) is 22.4 Å². The molecule has 0 saturated carbocycles. The second kappa shape index (κ2) is 9.48. The second-order valence-electron chi connectivity index (χ2n) is 6.38. The fourth-order valence-corrected chi connectivity index (χ4v) is 4.29. The van der Waals surface area contributed by atoms with Gasteiger partial charge in [-0.2, -0.15) is 0 Å². The number of para-hydroxylation sites is 1. The minimum Gasteiger partial charge on any atom is -0.325 e. The Balaban J connectivity index is 1.77. The third-order valence-electron chi connectivity index (χ3n) is 4.26. The van der Waals surface area contributed by atoms with E-state index in [-0.39, 0.29) is 23.3 Å². The molecule has 0 spiro atoms. The highest BCUT2D eigenvalue weighted by Crippen LogP contribution is 2.33. The summed E-state index contributed by atoms with van der Waals surface area (Å²) in [6.07, 6.45) is 1.63. The Hall–Kier alpha value is -2.28. The maximum absolute atomic E-state index is 12.8. The SMILES string of the molecule is C=CCN1C(=O)C(CC(=O)Nc2cccc(Cl)c2Cl)SC1=Nc1ccccc1C. The maximum Gasteiger partial charge on any atom is 0.242 e. The molecule has 0 aromatic heterocycles. The molecule has 1 fully saturated rings. The molecule has 1 heterocycles. The van der Waals surface area contributed by atoms with Gasteiger partial charge in [0, 0.05) is 13.0 Å². The first kappa shape index (κ1) is 21.4. The Morgan fingerprint density at radius 2 is 2.03 bits per heavy atom. The Bertz CT molecular complexity index is 994. The van der Waals surface area contributed by atoms with E-state index in [2.05, 4.69) is 16.9 Å². The molecule has 2 aromatic carbocycles. The Labute approximate surface area is 183 Å². The van der Waals surface area contributed by atoms with Crippen molar-refractivity contribution in [1.82, 2.24) is 4.90 Å². The van der Waals surface area contributed by atoms with E-state index in [4.69, 9.17) is 23.2 Å². The van der Waals surface area contributed by atoms with Gasteiger partial charge in [0.25, 0.3) is 0 Å². The van der Waals surface area contributed by atoms with Crippen molar-refractivity contribution in [3.8, 4) is 0 Å². The van der Waals surface area contributed by atoms with E-state index < -0.39 is 5.25 Å². The molecular formula is C21H19Cl2N3O2S. The summed E-state index contributed by atoms with van der Waals surface area (Å²) in [7, 11) is 0. The zero-order chi connectivity index (χ0) is 21.0. The van der Waals surface area contributed by atoms with Crippen LogP contribution in [0.25, 0.3) is 0 Å². The van der Waals surface area contributed by atoms with Crippen molar-refractivity contribution >= 4 is 63.3 Å². The summed E-state index contributed by atoms with van der Waals surface area (Å²) in [5.74, 6) is -0.495. The van der Waals surface area contributed by atoms with Crippen molar-refractivity contribution in [2.24, 2.45) is 4.99 Å². The summed E-state index contributed by atoms with van der Waals surface area (Å²) in [4.78, 5) is 31.5. The largest absolute Gasteiger partial charge is 0.325 e. The van der Waals surface area contributed by atoms with Crippen LogP contribution in [0.4, 0.5) is 11.4 Å². The fraction of sp³-hybridized carbons (Fsp3) is 0.190. The highest BCUT2D eigenvalue weighted by molar-refractivity contribution is 8.15. The van der Waals surface area contributed by atoms with Crippen LogP contribution in [0, 0.1) is 6.92 Å². The topological polar surface area (TPSA) is 61.8 Å². The number of benzene rings is 2. The molecule has 0 radical (unpaired) electrons. The number of hydrogen-bond donors (Lipinski definition) is 1. The van der Waals surface area contributed by atoms with Crippen molar-refractivity contribution in [2.75, 3.05) is 11.9 Å². The lowest BCUT2D eigenvalue weighted by atomic mass is 10.2. The van der Waals surface area contributed by atoms with Crippen molar-refractivity contribution in [3.05, 3.63) is 70.7 Å². The molecule has 1 aliphatic heterocycles. The number of carbonyl (C=O) groups excluding carboxylic acids is 2. The smallest absolute Gasteiger partial charge is 0.242 e.